The van der Waals surface area contributed by atoms with Crippen molar-refractivity contribution in [2.75, 3.05) is 13.7 Å². The van der Waals surface area contributed by atoms with Crippen molar-refractivity contribution in [3.05, 3.63) is 29.3 Å². The molecule has 2 nitrogen and oxygen atoms in total. The largest absolute Gasteiger partial charge is 0.496 e. The summed E-state index contributed by atoms with van der Waals surface area (Å²) in [5.41, 5.74) is 6.26. The van der Waals surface area contributed by atoms with Crippen LogP contribution in [0.25, 0.3) is 0 Å². The van der Waals surface area contributed by atoms with Crippen molar-refractivity contribution in [3.8, 4) is 5.75 Å². The molecule has 0 radical (unpaired) electrons. The second-order valence-electron chi connectivity index (χ2n) is 4.92. The van der Waals surface area contributed by atoms with Gasteiger partial charge in [0, 0.05) is 23.1 Å². The van der Waals surface area contributed by atoms with Gasteiger partial charge in [0.25, 0.3) is 6.43 Å². The molecule has 0 aliphatic heterocycles. The van der Waals surface area contributed by atoms with E-state index in [-0.39, 0.29) is 11.0 Å². The molecule has 0 saturated heterocycles. The third-order valence-electron chi connectivity index (χ3n) is 4.00. The predicted octanol–water partition coefficient (Wildman–Crippen LogP) is 3.40. The molecule has 100 valence electrons. The lowest BCUT2D eigenvalue weighted by atomic mass is 9.76. The average Bonchev–Trinajstić information content (AvgIpc) is 2.87. The molecule has 0 unspecified atom stereocenters. The van der Waals surface area contributed by atoms with Crippen LogP contribution < -0.4 is 10.5 Å². The van der Waals surface area contributed by atoms with Gasteiger partial charge in [-0.05, 0) is 18.9 Å². The first-order valence-corrected chi connectivity index (χ1v) is 6.30. The van der Waals surface area contributed by atoms with Crippen molar-refractivity contribution in [2.24, 2.45) is 5.73 Å². The summed E-state index contributed by atoms with van der Waals surface area (Å²) in [5, 5.41) is 0. The number of methoxy groups -OCH3 is 1. The molecule has 18 heavy (non-hydrogen) atoms. The molecule has 1 aromatic carbocycles. The number of halogens is 2. The zero-order valence-corrected chi connectivity index (χ0v) is 10.6. The van der Waals surface area contributed by atoms with E-state index in [0.717, 1.165) is 25.7 Å². The van der Waals surface area contributed by atoms with Crippen LogP contribution in [-0.2, 0) is 5.41 Å². The topological polar surface area (TPSA) is 35.2 Å². The highest BCUT2D eigenvalue weighted by molar-refractivity contribution is 5.47. The maximum Gasteiger partial charge on any atom is 0.264 e. The highest BCUT2D eigenvalue weighted by atomic mass is 19.3. The molecule has 0 aromatic heterocycles. The van der Waals surface area contributed by atoms with Crippen molar-refractivity contribution in [1.82, 2.24) is 0 Å². The Labute approximate surface area is 106 Å². The van der Waals surface area contributed by atoms with Crippen LogP contribution >= 0.6 is 0 Å². The molecule has 0 spiro atoms. The summed E-state index contributed by atoms with van der Waals surface area (Å²) in [6, 6.07) is 4.85. The molecule has 0 amide bonds. The molecule has 0 atom stereocenters. The molecule has 1 fully saturated rings. The number of ether oxygens (including phenoxy) is 1. The maximum atomic E-state index is 13.2. The van der Waals surface area contributed by atoms with E-state index in [0.29, 0.717) is 17.9 Å². The normalized spacial score (nSPS) is 18.3. The Morgan fingerprint density at radius 3 is 2.50 bits per heavy atom. The van der Waals surface area contributed by atoms with E-state index in [2.05, 4.69) is 0 Å². The summed E-state index contributed by atoms with van der Waals surface area (Å²) >= 11 is 0. The van der Waals surface area contributed by atoms with E-state index in [1.807, 2.05) is 0 Å². The second kappa shape index (κ2) is 5.22. The van der Waals surface area contributed by atoms with E-state index in [9.17, 15) is 8.78 Å². The first kappa shape index (κ1) is 13.3. The fourth-order valence-corrected chi connectivity index (χ4v) is 3.08. The van der Waals surface area contributed by atoms with Crippen molar-refractivity contribution >= 4 is 0 Å². The lowest BCUT2D eigenvalue weighted by molar-refractivity contribution is 0.147. The molecular formula is C14H19F2NO. The lowest BCUT2D eigenvalue weighted by Gasteiger charge is -2.31. The van der Waals surface area contributed by atoms with E-state index in [4.69, 9.17) is 10.5 Å². The minimum Gasteiger partial charge on any atom is -0.496 e. The van der Waals surface area contributed by atoms with E-state index >= 15 is 0 Å². The Morgan fingerprint density at radius 2 is 2.00 bits per heavy atom. The Bertz CT molecular complexity index is 414. The molecule has 4 heteroatoms. The van der Waals surface area contributed by atoms with Crippen molar-refractivity contribution in [2.45, 2.75) is 37.5 Å². The Kier molecular flexibility index (Phi) is 3.85. The minimum atomic E-state index is -2.49. The first-order valence-electron chi connectivity index (χ1n) is 6.30. The Hall–Kier alpha value is -1.16. The van der Waals surface area contributed by atoms with Gasteiger partial charge in [0.2, 0.25) is 0 Å². The van der Waals surface area contributed by atoms with Gasteiger partial charge in [-0.25, -0.2) is 8.78 Å². The minimum absolute atomic E-state index is 0.0710. The van der Waals surface area contributed by atoms with Gasteiger partial charge in [0.15, 0.2) is 0 Å². The number of benzene rings is 1. The van der Waals surface area contributed by atoms with Gasteiger partial charge in [0.05, 0.1) is 7.11 Å². The highest BCUT2D eigenvalue weighted by Gasteiger charge is 2.39. The number of nitrogens with two attached hydrogens (primary N) is 1. The smallest absolute Gasteiger partial charge is 0.264 e. The molecule has 1 saturated carbocycles. The van der Waals surface area contributed by atoms with Crippen LogP contribution in [0.3, 0.4) is 0 Å². The molecule has 2 N–H and O–H groups in total. The molecule has 1 aliphatic carbocycles. The summed E-state index contributed by atoms with van der Waals surface area (Å²) in [6.45, 7) is 0.396. The SMILES string of the molecule is COc1cccc(C(F)F)c1C1(CN)CCCC1. The molecular weight excluding hydrogens is 236 g/mol. The summed E-state index contributed by atoms with van der Waals surface area (Å²) in [4.78, 5) is 0. The van der Waals surface area contributed by atoms with E-state index in [1.165, 1.54) is 13.2 Å². The van der Waals surface area contributed by atoms with Gasteiger partial charge in [0.1, 0.15) is 5.75 Å². The monoisotopic (exact) mass is 255 g/mol. The van der Waals surface area contributed by atoms with Crippen LogP contribution in [0.1, 0.15) is 43.2 Å². The van der Waals surface area contributed by atoms with Crippen LogP contribution in [-0.4, -0.2) is 13.7 Å². The maximum absolute atomic E-state index is 13.2. The van der Waals surface area contributed by atoms with Crippen molar-refractivity contribution < 1.29 is 13.5 Å². The van der Waals surface area contributed by atoms with Crippen LogP contribution in [0.4, 0.5) is 8.78 Å². The second-order valence-corrected chi connectivity index (χ2v) is 4.92. The number of hydrogen-bond acceptors (Lipinski definition) is 2. The van der Waals surface area contributed by atoms with Gasteiger partial charge < -0.3 is 10.5 Å². The van der Waals surface area contributed by atoms with Crippen molar-refractivity contribution in [3.63, 3.8) is 0 Å². The van der Waals surface area contributed by atoms with Crippen LogP contribution in [0, 0.1) is 0 Å². The number of alkyl halides is 2. The van der Waals surface area contributed by atoms with Gasteiger partial charge in [-0.15, -0.1) is 0 Å². The quantitative estimate of drug-likeness (QED) is 0.895. The zero-order chi connectivity index (χ0) is 13.2. The zero-order valence-electron chi connectivity index (χ0n) is 10.6. The molecule has 1 aromatic rings. The third kappa shape index (κ3) is 2.09. The molecule has 0 heterocycles. The fraction of sp³-hybridized carbons (Fsp3) is 0.571. The van der Waals surface area contributed by atoms with Gasteiger partial charge >= 0.3 is 0 Å². The number of rotatable bonds is 4. The Balaban J connectivity index is 2.59. The van der Waals surface area contributed by atoms with E-state index < -0.39 is 6.43 Å². The van der Waals surface area contributed by atoms with Gasteiger partial charge in [-0.2, -0.15) is 0 Å². The molecule has 0 bridgehead atoms. The van der Waals surface area contributed by atoms with Crippen molar-refractivity contribution in [1.29, 1.82) is 0 Å². The predicted molar refractivity (Wildman–Crippen MR) is 67.2 cm³/mol. The number of hydrogen-bond donors (Lipinski definition) is 1. The average molecular weight is 255 g/mol. The summed E-state index contributed by atoms with van der Waals surface area (Å²) < 4.78 is 31.7. The summed E-state index contributed by atoms with van der Waals surface area (Å²) in [6.07, 6.45) is 1.32. The van der Waals surface area contributed by atoms with Crippen LogP contribution in [0.5, 0.6) is 5.75 Å². The summed E-state index contributed by atoms with van der Waals surface area (Å²) in [7, 11) is 1.52. The molecule has 2 rings (SSSR count). The fourth-order valence-electron chi connectivity index (χ4n) is 3.08. The van der Waals surface area contributed by atoms with Gasteiger partial charge in [-0.3, -0.25) is 0 Å². The standard InChI is InChI=1S/C14H19F2NO/c1-18-11-6-4-5-10(13(15)16)12(11)14(9-17)7-2-3-8-14/h4-6,13H,2-3,7-9,17H2,1H3. The highest BCUT2D eigenvalue weighted by Crippen LogP contribution is 2.47. The first-order chi connectivity index (χ1) is 8.64. The Morgan fingerprint density at radius 1 is 1.33 bits per heavy atom. The van der Waals surface area contributed by atoms with Crippen LogP contribution in [0.2, 0.25) is 0 Å². The lowest BCUT2D eigenvalue weighted by Crippen LogP contribution is -2.33. The van der Waals surface area contributed by atoms with Crippen LogP contribution in [0.15, 0.2) is 18.2 Å². The van der Waals surface area contributed by atoms with E-state index in [1.54, 1.807) is 12.1 Å². The summed E-state index contributed by atoms with van der Waals surface area (Å²) in [5.74, 6) is 0.542. The third-order valence-corrected chi connectivity index (χ3v) is 4.00. The molecule has 1 aliphatic rings. The van der Waals surface area contributed by atoms with Gasteiger partial charge in [-0.1, -0.05) is 25.0 Å².